The number of methoxy groups -OCH3 is 4. The Morgan fingerprint density at radius 2 is 0.397 bits per heavy atom. The van der Waals surface area contributed by atoms with Crippen LogP contribution in [0.2, 0.25) is 0 Å². The maximum absolute atomic E-state index is 4.66. The van der Waals surface area contributed by atoms with E-state index in [1.54, 1.807) is 28.4 Å². The van der Waals surface area contributed by atoms with Crippen molar-refractivity contribution in [3.05, 3.63) is 253 Å². The molecule has 0 aliphatic rings. The number of rotatable bonds is 14. The van der Waals surface area contributed by atoms with Crippen LogP contribution in [0.25, 0.3) is 10.6 Å². The average Bonchev–Trinajstić information content (AvgIpc) is 3.39. The van der Waals surface area contributed by atoms with Crippen LogP contribution < -0.4 is 0 Å². The number of ether oxygens (including phenoxy) is 4. The SMILES string of the molecule is COCCOC.COCCOC.[Sm].[Sm].c1ccc(N=Nc2ccccc2)cc1.c1ccc(N=Nc2ccccc2)cc1.c1ccc([N-]c2ccccc2)cc1.c1ccc([N-]c2ccccc2)cc1. The molecular formula is C56H60N6O4Sm2-2. The summed E-state index contributed by atoms with van der Waals surface area (Å²) in [4.78, 5) is 0. The van der Waals surface area contributed by atoms with Gasteiger partial charge in [-0.1, -0.05) is 194 Å². The van der Waals surface area contributed by atoms with E-state index in [-0.39, 0.29) is 80.8 Å². The third kappa shape index (κ3) is 31.9. The summed E-state index contributed by atoms with van der Waals surface area (Å²) in [5.41, 5.74) is 7.46. The standard InChI is InChI=1S/2C12H10N2.2C12H10N.2C4H10O2.2Sm/c2*1-3-7-11(8-4-1)13-14-12-9-5-2-6-10-12;2*1-3-7-11(8-4-1)13-12-9-5-2-6-10-12;2*1-5-3-4-6-2;;/h2*1-10H;2*1-10H;2*3-4H2,1-2H3;;/q;;2*-1;;;;. The molecular weight excluding hydrogens is 1120 g/mol. The molecule has 0 saturated heterocycles. The largest absolute Gasteiger partial charge is 0.658 e. The molecule has 0 spiro atoms. The van der Waals surface area contributed by atoms with Crippen molar-refractivity contribution < 1.29 is 99.7 Å². The van der Waals surface area contributed by atoms with Crippen molar-refractivity contribution in [2.24, 2.45) is 20.5 Å². The van der Waals surface area contributed by atoms with Crippen molar-refractivity contribution in [1.82, 2.24) is 0 Å². The number of hydrogen-bond acceptors (Lipinski definition) is 8. The van der Waals surface area contributed by atoms with Gasteiger partial charge in [0, 0.05) is 109 Å². The van der Waals surface area contributed by atoms with E-state index in [0.717, 1.165) is 45.5 Å². The van der Waals surface area contributed by atoms with Crippen LogP contribution in [0.1, 0.15) is 0 Å². The fourth-order valence-corrected chi connectivity index (χ4v) is 4.85. The van der Waals surface area contributed by atoms with Crippen LogP contribution in [0, 0.1) is 80.8 Å². The first-order chi connectivity index (χ1) is 32.6. The smallest absolute Gasteiger partial charge is 0.0857 e. The average molecular weight is 1180 g/mol. The number of hydrogen-bond donors (Lipinski definition) is 0. The molecule has 0 saturated carbocycles. The second-order valence-corrected chi connectivity index (χ2v) is 13.3. The molecule has 0 aliphatic heterocycles. The molecule has 8 aromatic carbocycles. The molecule has 0 aromatic heterocycles. The Bertz CT molecular complexity index is 2010. The van der Waals surface area contributed by atoms with Gasteiger partial charge in [0.15, 0.2) is 0 Å². The van der Waals surface area contributed by atoms with Gasteiger partial charge in [-0.15, -0.1) is 22.7 Å². The van der Waals surface area contributed by atoms with Crippen LogP contribution in [0.3, 0.4) is 0 Å². The second kappa shape index (κ2) is 43.4. The van der Waals surface area contributed by atoms with Crippen molar-refractivity contribution in [2.75, 3.05) is 54.9 Å². The molecule has 8 rings (SSSR count). The van der Waals surface area contributed by atoms with Gasteiger partial charge in [0.05, 0.1) is 49.2 Å². The third-order valence-electron chi connectivity index (χ3n) is 8.11. The predicted molar refractivity (Wildman–Crippen MR) is 273 cm³/mol. The summed E-state index contributed by atoms with van der Waals surface area (Å²) in [5.74, 6) is 0. The first-order valence-corrected chi connectivity index (χ1v) is 21.3. The molecule has 0 N–H and O–H groups in total. The molecule has 68 heavy (non-hydrogen) atoms. The molecule has 0 radical (unpaired) electrons. The molecule has 10 nitrogen and oxygen atoms in total. The van der Waals surface area contributed by atoms with Gasteiger partial charge in [-0.3, -0.25) is 0 Å². The first-order valence-electron chi connectivity index (χ1n) is 21.3. The van der Waals surface area contributed by atoms with Crippen molar-refractivity contribution in [3.63, 3.8) is 0 Å². The maximum atomic E-state index is 4.66. The van der Waals surface area contributed by atoms with Crippen LogP contribution in [-0.2, 0) is 18.9 Å². The summed E-state index contributed by atoms with van der Waals surface area (Å²) in [5, 5.41) is 25.3. The molecule has 0 bridgehead atoms. The van der Waals surface area contributed by atoms with Gasteiger partial charge in [-0.2, -0.15) is 20.5 Å². The zero-order chi connectivity index (χ0) is 46.8. The number of nitrogens with zero attached hydrogens (tertiary/aromatic N) is 6. The van der Waals surface area contributed by atoms with Crippen LogP contribution >= 0.6 is 0 Å². The van der Waals surface area contributed by atoms with Gasteiger partial charge in [-0.05, 0) is 48.5 Å². The van der Waals surface area contributed by atoms with E-state index >= 15 is 0 Å². The van der Waals surface area contributed by atoms with Crippen molar-refractivity contribution >= 4 is 45.5 Å². The Balaban J connectivity index is 0.000000417. The molecule has 0 amide bonds. The molecule has 0 atom stereocenters. The molecule has 8 aromatic rings. The normalized spacial score (nSPS) is 9.59. The topological polar surface area (TPSA) is 115 Å². The van der Waals surface area contributed by atoms with Gasteiger partial charge in [0.2, 0.25) is 0 Å². The minimum Gasteiger partial charge on any atom is -0.658 e. The van der Waals surface area contributed by atoms with E-state index in [0.29, 0.717) is 26.4 Å². The minimum absolute atomic E-state index is 0. The Morgan fingerprint density at radius 1 is 0.250 bits per heavy atom. The van der Waals surface area contributed by atoms with Gasteiger partial charge >= 0.3 is 0 Å². The van der Waals surface area contributed by atoms with Crippen molar-refractivity contribution in [3.8, 4) is 0 Å². The monoisotopic (exact) mass is 1180 g/mol. The van der Waals surface area contributed by atoms with E-state index in [2.05, 4.69) is 50.0 Å². The fraction of sp³-hybridized carbons (Fsp3) is 0.143. The third-order valence-corrected chi connectivity index (χ3v) is 8.11. The maximum Gasteiger partial charge on any atom is 0.0857 e. The summed E-state index contributed by atoms with van der Waals surface area (Å²) in [6.45, 7) is 2.76. The molecule has 12 heteroatoms. The Kier molecular flexibility index (Phi) is 39.0. The van der Waals surface area contributed by atoms with Crippen LogP contribution in [0.4, 0.5) is 45.5 Å². The van der Waals surface area contributed by atoms with E-state index in [1.807, 2.05) is 243 Å². The van der Waals surface area contributed by atoms with Gasteiger partial charge in [0.1, 0.15) is 0 Å². The van der Waals surface area contributed by atoms with Crippen molar-refractivity contribution in [2.45, 2.75) is 0 Å². The summed E-state index contributed by atoms with van der Waals surface area (Å²) in [6.07, 6.45) is 0. The molecule has 0 aliphatic carbocycles. The van der Waals surface area contributed by atoms with Gasteiger partial charge in [0.25, 0.3) is 0 Å². The number of para-hydroxylation sites is 4. The van der Waals surface area contributed by atoms with Crippen LogP contribution in [0.15, 0.2) is 263 Å². The summed E-state index contributed by atoms with van der Waals surface area (Å²) in [7, 11) is 6.61. The predicted octanol–water partition coefficient (Wildman–Crippen LogP) is 16.8. The second-order valence-electron chi connectivity index (χ2n) is 13.3. The molecule has 0 heterocycles. The van der Waals surface area contributed by atoms with Gasteiger partial charge < -0.3 is 29.6 Å². The summed E-state index contributed by atoms with van der Waals surface area (Å²) < 4.78 is 18.6. The zero-order valence-corrected chi connectivity index (χ0v) is 44.3. The summed E-state index contributed by atoms with van der Waals surface area (Å²) in [6, 6.07) is 78.6. The number of benzene rings is 8. The van der Waals surface area contributed by atoms with E-state index in [4.69, 9.17) is 0 Å². The van der Waals surface area contributed by atoms with Gasteiger partial charge in [-0.25, -0.2) is 0 Å². The van der Waals surface area contributed by atoms with E-state index < -0.39 is 0 Å². The van der Waals surface area contributed by atoms with E-state index in [1.165, 1.54) is 0 Å². The Morgan fingerprint density at radius 3 is 0.544 bits per heavy atom. The molecule has 0 unspecified atom stereocenters. The number of azo groups is 2. The zero-order valence-electron chi connectivity index (χ0n) is 39.1. The first kappa shape index (κ1) is 61.1. The Labute approximate surface area is 468 Å². The summed E-state index contributed by atoms with van der Waals surface area (Å²) >= 11 is 0. The quantitative estimate of drug-likeness (QED) is 0.0797. The molecule has 0 fully saturated rings. The fourth-order valence-electron chi connectivity index (χ4n) is 4.85. The van der Waals surface area contributed by atoms with Crippen LogP contribution in [-0.4, -0.2) is 54.9 Å². The minimum atomic E-state index is 0. The van der Waals surface area contributed by atoms with Crippen molar-refractivity contribution in [1.29, 1.82) is 0 Å². The van der Waals surface area contributed by atoms with E-state index in [9.17, 15) is 0 Å². The van der Waals surface area contributed by atoms with Crippen LogP contribution in [0.5, 0.6) is 0 Å². The Hall–Kier alpha value is -4.92. The molecule has 352 valence electrons.